The number of hydrogen-bond donors (Lipinski definition) is 1. The second-order valence-corrected chi connectivity index (χ2v) is 11.6. The van der Waals surface area contributed by atoms with Crippen LogP contribution in [-0.4, -0.2) is 31.2 Å². The zero-order chi connectivity index (χ0) is 21.6. The molecule has 0 heterocycles. The van der Waals surface area contributed by atoms with Crippen LogP contribution in [0.4, 0.5) is 4.79 Å². The Balaban J connectivity index is 1.85. The quantitative estimate of drug-likeness (QED) is 0.247. The lowest BCUT2D eigenvalue weighted by Gasteiger charge is -2.25. The zero-order valence-corrected chi connectivity index (χ0v) is 20.1. The van der Waals surface area contributed by atoms with Gasteiger partial charge in [-0.1, -0.05) is 64.1 Å². The van der Waals surface area contributed by atoms with Gasteiger partial charge in [-0.2, -0.15) is 0 Å². The number of rotatable bonds is 8. The summed E-state index contributed by atoms with van der Waals surface area (Å²) >= 11 is 9.57. The second-order valence-electron chi connectivity index (χ2n) is 6.80. The number of halogens is 1. The van der Waals surface area contributed by atoms with Crippen LogP contribution in [0.5, 0.6) is 0 Å². The van der Waals surface area contributed by atoms with Crippen molar-refractivity contribution in [1.29, 1.82) is 0 Å². The summed E-state index contributed by atoms with van der Waals surface area (Å²) in [6.07, 6.45) is -1.31. The maximum atomic E-state index is 12.1. The van der Waals surface area contributed by atoms with Gasteiger partial charge in [0.15, 0.2) is 0 Å². The van der Waals surface area contributed by atoms with E-state index in [2.05, 4.69) is 26.4 Å². The van der Waals surface area contributed by atoms with Gasteiger partial charge in [0.25, 0.3) is 5.90 Å². The first kappa shape index (κ1) is 22.9. The van der Waals surface area contributed by atoms with E-state index in [-0.39, 0.29) is 18.5 Å². The molecule has 1 fully saturated rings. The van der Waals surface area contributed by atoms with E-state index in [9.17, 15) is 4.79 Å². The van der Waals surface area contributed by atoms with Gasteiger partial charge in [0, 0.05) is 21.1 Å². The zero-order valence-electron chi connectivity index (χ0n) is 16.8. The minimum absolute atomic E-state index is 0.0370. The molecule has 1 aliphatic carbocycles. The SMILES string of the molecule is CCON=C(COP(=S)(c1ccc(Br)cc1)c1ccccc1C)OC(=O)NC1CC1. The van der Waals surface area contributed by atoms with Gasteiger partial charge in [-0.15, -0.1) is 0 Å². The first-order valence-corrected chi connectivity index (χ1v) is 13.2. The van der Waals surface area contributed by atoms with Gasteiger partial charge in [-0.05, 0) is 49.5 Å². The maximum Gasteiger partial charge on any atom is 0.414 e. The van der Waals surface area contributed by atoms with Crippen molar-refractivity contribution in [2.45, 2.75) is 32.7 Å². The summed E-state index contributed by atoms with van der Waals surface area (Å²) in [5.74, 6) is 0.0370. The van der Waals surface area contributed by atoms with Crippen molar-refractivity contribution in [3.63, 3.8) is 0 Å². The fourth-order valence-electron chi connectivity index (χ4n) is 2.70. The maximum absolute atomic E-state index is 12.1. The molecule has 6 nitrogen and oxygen atoms in total. The average Bonchev–Trinajstić information content (AvgIpc) is 3.54. The van der Waals surface area contributed by atoms with E-state index in [0.717, 1.165) is 33.5 Å². The van der Waals surface area contributed by atoms with Crippen molar-refractivity contribution >= 4 is 56.6 Å². The van der Waals surface area contributed by atoms with Crippen LogP contribution in [0.2, 0.25) is 0 Å². The molecular formula is C21H24BrN2O4PS. The van der Waals surface area contributed by atoms with Crippen LogP contribution in [0.25, 0.3) is 0 Å². The summed E-state index contributed by atoms with van der Waals surface area (Å²) in [7, 11) is 0. The number of oxime groups is 1. The van der Waals surface area contributed by atoms with Crippen LogP contribution in [-0.2, 0) is 25.9 Å². The molecule has 1 N–H and O–H groups in total. The number of carbonyl (C=O) groups excluding carboxylic acids is 1. The second kappa shape index (κ2) is 10.5. The molecule has 2 aromatic rings. The summed E-state index contributed by atoms with van der Waals surface area (Å²) in [5.41, 5.74) is 1.04. The third-order valence-corrected chi connectivity index (χ3v) is 9.05. The Kier molecular flexibility index (Phi) is 8.06. The summed E-state index contributed by atoms with van der Waals surface area (Å²) in [5, 5.41) is 8.51. The van der Waals surface area contributed by atoms with E-state index in [4.69, 9.17) is 25.9 Å². The average molecular weight is 511 g/mol. The monoisotopic (exact) mass is 510 g/mol. The van der Waals surface area contributed by atoms with E-state index >= 15 is 0 Å². The van der Waals surface area contributed by atoms with Gasteiger partial charge in [0.1, 0.15) is 19.5 Å². The number of amides is 1. The molecule has 0 aliphatic heterocycles. The van der Waals surface area contributed by atoms with Crippen molar-refractivity contribution in [2.75, 3.05) is 13.2 Å². The lowest BCUT2D eigenvalue weighted by molar-refractivity contribution is 0.141. The molecule has 1 atom stereocenters. The largest absolute Gasteiger partial charge is 0.414 e. The summed E-state index contributed by atoms with van der Waals surface area (Å²) in [4.78, 5) is 17.2. The van der Waals surface area contributed by atoms with Gasteiger partial charge in [-0.25, -0.2) is 4.79 Å². The molecule has 9 heteroatoms. The molecule has 1 unspecified atom stereocenters. The Labute approximate surface area is 190 Å². The van der Waals surface area contributed by atoms with Gasteiger partial charge in [-0.3, -0.25) is 0 Å². The van der Waals surface area contributed by atoms with Crippen LogP contribution < -0.4 is 15.9 Å². The summed E-state index contributed by atoms with van der Waals surface area (Å²) in [6, 6.07) is 15.9. The van der Waals surface area contributed by atoms with Gasteiger partial charge >= 0.3 is 6.09 Å². The number of hydrogen-bond acceptors (Lipinski definition) is 6. The van der Waals surface area contributed by atoms with Crippen LogP contribution in [0.1, 0.15) is 25.3 Å². The molecule has 160 valence electrons. The smallest absolute Gasteiger partial charge is 0.393 e. The van der Waals surface area contributed by atoms with E-state index in [1.807, 2.05) is 55.5 Å². The molecule has 0 spiro atoms. The molecule has 0 bridgehead atoms. The Morgan fingerprint density at radius 2 is 1.93 bits per heavy atom. The molecule has 1 aliphatic rings. The van der Waals surface area contributed by atoms with Gasteiger partial charge in [0.05, 0.1) is 0 Å². The van der Waals surface area contributed by atoms with Crippen molar-refractivity contribution in [1.82, 2.24) is 5.32 Å². The summed E-state index contributed by atoms with van der Waals surface area (Å²) < 4.78 is 12.6. The normalized spacial score (nSPS) is 15.9. The van der Waals surface area contributed by atoms with E-state index < -0.39 is 12.4 Å². The third-order valence-electron chi connectivity index (χ3n) is 4.37. The van der Waals surface area contributed by atoms with E-state index in [1.165, 1.54) is 0 Å². The number of nitrogens with zero attached hydrogens (tertiary/aromatic N) is 1. The van der Waals surface area contributed by atoms with Gasteiger partial charge in [0.2, 0.25) is 0 Å². The first-order valence-electron chi connectivity index (χ1n) is 9.66. The molecule has 0 radical (unpaired) electrons. The number of nitrogens with one attached hydrogen (secondary N) is 1. The molecule has 30 heavy (non-hydrogen) atoms. The molecule has 1 saturated carbocycles. The molecular weight excluding hydrogens is 487 g/mol. The highest BCUT2D eigenvalue weighted by atomic mass is 79.9. The topological polar surface area (TPSA) is 69.1 Å². The Hall–Kier alpha value is -1.73. The molecule has 3 rings (SSSR count). The number of aryl methyl sites for hydroxylation is 1. The molecule has 0 saturated heterocycles. The highest BCUT2D eigenvalue weighted by Crippen LogP contribution is 2.46. The van der Waals surface area contributed by atoms with Crippen molar-refractivity contribution in [3.05, 3.63) is 58.6 Å². The Morgan fingerprint density at radius 3 is 2.57 bits per heavy atom. The van der Waals surface area contributed by atoms with Crippen LogP contribution >= 0.6 is 22.2 Å². The van der Waals surface area contributed by atoms with E-state index in [0.29, 0.717) is 6.61 Å². The lowest BCUT2D eigenvalue weighted by Crippen LogP contribution is -2.31. The molecule has 0 aromatic heterocycles. The Bertz CT molecular complexity index is 964. The van der Waals surface area contributed by atoms with Crippen LogP contribution in [0.15, 0.2) is 58.2 Å². The molecule has 1 amide bonds. The highest BCUT2D eigenvalue weighted by molar-refractivity contribution is 9.10. The van der Waals surface area contributed by atoms with Crippen molar-refractivity contribution < 1.29 is 18.9 Å². The van der Waals surface area contributed by atoms with Crippen molar-refractivity contribution in [2.24, 2.45) is 5.16 Å². The fourth-order valence-corrected chi connectivity index (χ4v) is 6.33. The number of alkyl carbamates (subject to hydrolysis) is 1. The van der Waals surface area contributed by atoms with E-state index in [1.54, 1.807) is 6.92 Å². The predicted molar refractivity (Wildman–Crippen MR) is 127 cm³/mol. The minimum Gasteiger partial charge on any atom is -0.393 e. The Morgan fingerprint density at radius 1 is 1.23 bits per heavy atom. The lowest BCUT2D eigenvalue weighted by atomic mass is 10.2. The van der Waals surface area contributed by atoms with Gasteiger partial charge < -0.3 is 19.4 Å². The minimum atomic E-state index is -2.66. The molecule has 2 aromatic carbocycles. The van der Waals surface area contributed by atoms with Crippen LogP contribution in [0.3, 0.4) is 0 Å². The number of ether oxygens (including phenoxy) is 1. The fraction of sp³-hybridized carbons (Fsp3) is 0.333. The standard InChI is InChI=1S/C21H24BrN2O4PS/c1-3-26-24-20(28-21(25)23-17-10-11-17)14-27-29(30,18-12-8-16(22)9-13-18)19-7-5-4-6-15(19)2/h4-9,12-13,17H,3,10-11,14H2,1-2H3,(H,23,25). The predicted octanol–water partition coefficient (Wildman–Crippen LogP) is 4.36. The van der Waals surface area contributed by atoms with Crippen molar-refractivity contribution in [3.8, 4) is 0 Å². The third kappa shape index (κ3) is 6.14. The first-order chi connectivity index (χ1) is 14.4. The number of carbonyl (C=O) groups is 1. The van der Waals surface area contributed by atoms with Crippen LogP contribution in [0, 0.1) is 6.92 Å². The summed E-state index contributed by atoms with van der Waals surface area (Å²) in [6.45, 7) is 4.06. The highest BCUT2D eigenvalue weighted by Gasteiger charge is 2.28. The number of benzene rings is 2.